The van der Waals surface area contributed by atoms with Crippen molar-refractivity contribution < 1.29 is 19.4 Å². The lowest BCUT2D eigenvalue weighted by molar-refractivity contribution is 0.0244. The third kappa shape index (κ3) is 19.3. The number of carboxylic acids is 1. The van der Waals surface area contributed by atoms with Gasteiger partial charge in [-0.1, -0.05) is 161 Å². The van der Waals surface area contributed by atoms with Gasteiger partial charge in [-0.05, 0) is 37.8 Å². The largest absolute Gasteiger partial charge is 0.478 e. The monoisotopic (exact) mass is 558 g/mol. The predicted molar refractivity (Wildman–Crippen MR) is 169 cm³/mol. The van der Waals surface area contributed by atoms with Gasteiger partial charge >= 0.3 is 11.9 Å². The van der Waals surface area contributed by atoms with E-state index in [9.17, 15) is 14.7 Å². The number of unbranched alkanes of at least 4 members (excludes halogenated alkanes) is 21. The minimum atomic E-state index is -1.09. The number of esters is 1. The summed E-state index contributed by atoms with van der Waals surface area (Å²) in [6, 6.07) is 6.38. The Hall–Kier alpha value is -1.84. The third-order valence-corrected chi connectivity index (χ3v) is 8.16. The Morgan fingerprint density at radius 2 is 0.875 bits per heavy atom. The van der Waals surface area contributed by atoms with Crippen molar-refractivity contribution in [2.45, 2.75) is 180 Å². The molecule has 1 unspecified atom stereocenters. The Bertz CT molecular complexity index is 744. The van der Waals surface area contributed by atoms with Gasteiger partial charge in [0.05, 0.1) is 11.1 Å². The summed E-state index contributed by atoms with van der Waals surface area (Å²) in [5.41, 5.74) is 0.178. The average Bonchev–Trinajstić information content (AvgIpc) is 2.96. The molecule has 0 aromatic heterocycles. The molecule has 0 aliphatic heterocycles. The molecule has 0 heterocycles. The molecule has 230 valence electrons. The van der Waals surface area contributed by atoms with Crippen molar-refractivity contribution in [1.29, 1.82) is 0 Å². The van der Waals surface area contributed by atoms with Crippen molar-refractivity contribution in [3.63, 3.8) is 0 Å². The van der Waals surface area contributed by atoms with Crippen molar-refractivity contribution in [2.75, 3.05) is 0 Å². The quantitative estimate of drug-likeness (QED) is 0.0820. The predicted octanol–water partition coefficient (Wildman–Crippen LogP) is 11.7. The molecule has 0 bridgehead atoms. The van der Waals surface area contributed by atoms with Crippen molar-refractivity contribution in [2.24, 2.45) is 0 Å². The van der Waals surface area contributed by atoms with Gasteiger partial charge in [-0.3, -0.25) is 0 Å². The van der Waals surface area contributed by atoms with Crippen molar-refractivity contribution in [3.8, 4) is 0 Å². The van der Waals surface area contributed by atoms with Crippen LogP contribution in [-0.2, 0) is 4.74 Å². The number of hydrogen-bond donors (Lipinski definition) is 1. The summed E-state index contributed by atoms with van der Waals surface area (Å²) in [4.78, 5) is 24.5. The molecule has 0 aliphatic rings. The summed E-state index contributed by atoms with van der Waals surface area (Å²) < 4.78 is 5.90. The van der Waals surface area contributed by atoms with Crippen LogP contribution in [0, 0.1) is 0 Å². The molecule has 1 atom stereocenters. The molecule has 4 heteroatoms. The molecule has 0 radical (unpaired) electrons. The molecular weight excluding hydrogens is 496 g/mol. The first-order valence-corrected chi connectivity index (χ1v) is 17.1. The molecule has 1 N–H and O–H groups in total. The van der Waals surface area contributed by atoms with Gasteiger partial charge in [-0.2, -0.15) is 0 Å². The maximum Gasteiger partial charge on any atom is 0.339 e. The summed E-state index contributed by atoms with van der Waals surface area (Å²) in [5.74, 6) is -1.59. The molecule has 1 rings (SSSR count). The minimum Gasteiger partial charge on any atom is -0.478 e. The summed E-state index contributed by atoms with van der Waals surface area (Å²) >= 11 is 0. The van der Waals surface area contributed by atoms with E-state index >= 15 is 0 Å². The zero-order valence-electron chi connectivity index (χ0n) is 26.2. The van der Waals surface area contributed by atoms with E-state index in [2.05, 4.69) is 13.8 Å². The van der Waals surface area contributed by atoms with Gasteiger partial charge < -0.3 is 9.84 Å². The number of carbonyl (C=O) groups is 2. The normalized spacial score (nSPS) is 11.9. The topological polar surface area (TPSA) is 63.6 Å². The second kappa shape index (κ2) is 26.1. The first-order valence-electron chi connectivity index (χ1n) is 17.1. The SMILES string of the molecule is CCCCCCCCCCCCCCCCCC(CCCCCCCCCC)OC(=O)c1ccccc1C(=O)O. The Morgan fingerprint density at radius 3 is 1.23 bits per heavy atom. The van der Waals surface area contributed by atoms with E-state index in [0.29, 0.717) is 0 Å². The fourth-order valence-electron chi connectivity index (χ4n) is 5.57. The summed E-state index contributed by atoms with van der Waals surface area (Å²) in [5, 5.41) is 9.47. The Morgan fingerprint density at radius 1 is 0.550 bits per heavy atom. The smallest absolute Gasteiger partial charge is 0.339 e. The Kier molecular flexibility index (Phi) is 23.6. The van der Waals surface area contributed by atoms with Gasteiger partial charge in [-0.25, -0.2) is 9.59 Å². The standard InChI is InChI=1S/C36H62O4/c1-3-5-7-9-11-13-14-15-16-17-18-19-21-23-25-29-32(28-24-22-20-12-10-8-6-4-2)40-36(39)34-31-27-26-30-33(34)35(37)38/h26-27,30-32H,3-25,28-29H2,1-2H3,(H,37,38). The van der Waals surface area contributed by atoms with E-state index in [1.54, 1.807) is 18.2 Å². The Labute approximate surface area is 247 Å². The minimum absolute atomic E-state index is 0.0188. The van der Waals surface area contributed by atoms with Crippen molar-refractivity contribution in [3.05, 3.63) is 35.4 Å². The zero-order valence-corrected chi connectivity index (χ0v) is 26.2. The number of hydrogen-bond acceptors (Lipinski definition) is 3. The van der Waals surface area contributed by atoms with Gasteiger partial charge in [0, 0.05) is 0 Å². The van der Waals surface area contributed by atoms with Crippen LogP contribution in [0.5, 0.6) is 0 Å². The van der Waals surface area contributed by atoms with E-state index in [1.807, 2.05) is 0 Å². The van der Waals surface area contributed by atoms with Gasteiger partial charge in [0.25, 0.3) is 0 Å². The molecule has 1 aromatic carbocycles. The lowest BCUT2D eigenvalue weighted by atomic mass is 10.0. The highest BCUT2D eigenvalue weighted by atomic mass is 16.5. The van der Waals surface area contributed by atoms with E-state index in [-0.39, 0.29) is 17.2 Å². The first kappa shape index (κ1) is 36.2. The molecule has 40 heavy (non-hydrogen) atoms. The van der Waals surface area contributed by atoms with Crippen LogP contribution in [0.15, 0.2) is 24.3 Å². The van der Waals surface area contributed by atoms with Gasteiger partial charge in [0.2, 0.25) is 0 Å². The van der Waals surface area contributed by atoms with Gasteiger partial charge in [-0.15, -0.1) is 0 Å². The molecule has 1 aromatic rings. The Balaban J connectivity index is 2.29. The number of benzene rings is 1. The number of ether oxygens (including phenoxy) is 1. The molecular formula is C36H62O4. The van der Waals surface area contributed by atoms with E-state index in [1.165, 1.54) is 141 Å². The first-order chi connectivity index (χ1) is 19.6. The average molecular weight is 559 g/mol. The van der Waals surface area contributed by atoms with E-state index < -0.39 is 11.9 Å². The second-order valence-electron chi connectivity index (χ2n) is 11.9. The summed E-state index contributed by atoms with van der Waals surface area (Å²) in [6.07, 6.45) is 31.7. The van der Waals surface area contributed by atoms with Crippen molar-refractivity contribution in [1.82, 2.24) is 0 Å². The number of carboxylic acid groups (broad SMARTS) is 1. The molecule has 0 saturated carbocycles. The lowest BCUT2D eigenvalue weighted by Crippen LogP contribution is -2.20. The molecule has 0 spiro atoms. The maximum atomic E-state index is 12.9. The zero-order chi connectivity index (χ0) is 29.1. The van der Waals surface area contributed by atoms with Crippen LogP contribution in [0.4, 0.5) is 0 Å². The van der Waals surface area contributed by atoms with E-state index in [0.717, 1.165) is 25.7 Å². The van der Waals surface area contributed by atoms with Crippen LogP contribution in [-0.4, -0.2) is 23.1 Å². The van der Waals surface area contributed by atoms with Crippen LogP contribution < -0.4 is 0 Å². The van der Waals surface area contributed by atoms with Crippen LogP contribution in [0.25, 0.3) is 0 Å². The number of rotatable bonds is 28. The van der Waals surface area contributed by atoms with E-state index in [4.69, 9.17) is 4.74 Å². The molecule has 0 fully saturated rings. The number of aromatic carboxylic acids is 1. The summed E-state index contributed by atoms with van der Waals surface area (Å²) in [6.45, 7) is 4.52. The highest BCUT2D eigenvalue weighted by Gasteiger charge is 2.21. The van der Waals surface area contributed by atoms with Crippen LogP contribution in [0.1, 0.15) is 195 Å². The lowest BCUT2D eigenvalue weighted by Gasteiger charge is -2.19. The number of carbonyl (C=O) groups excluding carboxylic acids is 1. The molecule has 0 aliphatic carbocycles. The fraction of sp³-hybridized carbons (Fsp3) is 0.778. The second-order valence-corrected chi connectivity index (χ2v) is 11.9. The molecule has 0 amide bonds. The molecule has 0 saturated heterocycles. The highest BCUT2D eigenvalue weighted by molar-refractivity contribution is 6.02. The fourth-order valence-corrected chi connectivity index (χ4v) is 5.57. The third-order valence-electron chi connectivity index (χ3n) is 8.16. The van der Waals surface area contributed by atoms with Crippen LogP contribution in [0.3, 0.4) is 0 Å². The summed E-state index contributed by atoms with van der Waals surface area (Å²) in [7, 11) is 0. The maximum absolute atomic E-state index is 12.9. The van der Waals surface area contributed by atoms with Gasteiger partial charge in [0.15, 0.2) is 0 Å². The van der Waals surface area contributed by atoms with Crippen LogP contribution in [0.2, 0.25) is 0 Å². The highest BCUT2D eigenvalue weighted by Crippen LogP contribution is 2.20. The molecule has 4 nitrogen and oxygen atoms in total. The van der Waals surface area contributed by atoms with Gasteiger partial charge in [0.1, 0.15) is 6.10 Å². The van der Waals surface area contributed by atoms with Crippen LogP contribution >= 0.6 is 0 Å². The van der Waals surface area contributed by atoms with Crippen molar-refractivity contribution >= 4 is 11.9 Å².